The second-order valence-corrected chi connectivity index (χ2v) is 4.96. The fraction of sp³-hybridized carbons (Fsp3) is 0.0556. The van der Waals surface area contributed by atoms with E-state index in [1.54, 1.807) is 55.0 Å². The molecule has 124 valence electrons. The molecular weight excluding hydrogens is 318 g/mol. The van der Waals surface area contributed by atoms with E-state index >= 15 is 0 Å². The molecular formula is C18H15N5O2. The Bertz CT molecular complexity index is 882. The average Bonchev–Trinajstić information content (AvgIpc) is 2.68. The second-order valence-electron chi connectivity index (χ2n) is 4.96. The van der Waals surface area contributed by atoms with Crippen LogP contribution in [0.2, 0.25) is 0 Å². The van der Waals surface area contributed by atoms with Crippen LogP contribution < -0.4 is 10.1 Å². The van der Waals surface area contributed by atoms with Crippen molar-refractivity contribution in [1.29, 1.82) is 0 Å². The number of hydrogen-bond acceptors (Lipinski definition) is 6. The third-order valence-electron chi connectivity index (χ3n) is 3.29. The Morgan fingerprint density at radius 3 is 2.60 bits per heavy atom. The average molecular weight is 333 g/mol. The summed E-state index contributed by atoms with van der Waals surface area (Å²) in [6, 6.07) is 13.8. The Labute approximate surface area is 144 Å². The molecule has 0 spiro atoms. The summed E-state index contributed by atoms with van der Waals surface area (Å²) in [6.45, 7) is 0. The molecule has 0 bridgehead atoms. The molecule has 1 amide bonds. The van der Waals surface area contributed by atoms with E-state index in [4.69, 9.17) is 4.74 Å². The van der Waals surface area contributed by atoms with Crippen LogP contribution in [-0.2, 0) is 0 Å². The summed E-state index contributed by atoms with van der Waals surface area (Å²) in [5, 5.41) is 11.0. The first-order valence-electron chi connectivity index (χ1n) is 7.48. The topological polar surface area (TPSA) is 88.8 Å². The van der Waals surface area contributed by atoms with Crippen LogP contribution in [0.4, 0.5) is 17.2 Å². The van der Waals surface area contributed by atoms with Gasteiger partial charge >= 0.3 is 0 Å². The maximum Gasteiger partial charge on any atom is 0.255 e. The van der Waals surface area contributed by atoms with Crippen LogP contribution in [-0.4, -0.2) is 23.0 Å². The summed E-state index contributed by atoms with van der Waals surface area (Å²) in [5.74, 6) is 0.750. The van der Waals surface area contributed by atoms with E-state index in [1.165, 1.54) is 7.11 Å². The van der Waals surface area contributed by atoms with Gasteiger partial charge in [-0.1, -0.05) is 6.07 Å². The first kappa shape index (κ1) is 16.3. The summed E-state index contributed by atoms with van der Waals surface area (Å²) >= 11 is 0. The molecule has 0 aliphatic rings. The first-order chi connectivity index (χ1) is 12.3. The Balaban J connectivity index is 1.78. The van der Waals surface area contributed by atoms with E-state index in [-0.39, 0.29) is 5.91 Å². The van der Waals surface area contributed by atoms with E-state index in [1.807, 2.05) is 12.1 Å². The summed E-state index contributed by atoms with van der Waals surface area (Å²) in [4.78, 5) is 20.2. The highest BCUT2D eigenvalue weighted by Gasteiger charge is 2.10. The van der Waals surface area contributed by atoms with E-state index in [0.717, 1.165) is 0 Å². The van der Waals surface area contributed by atoms with Gasteiger partial charge in [-0.25, -0.2) is 4.98 Å². The largest absolute Gasteiger partial charge is 0.494 e. The maximum absolute atomic E-state index is 12.2. The monoisotopic (exact) mass is 333 g/mol. The van der Waals surface area contributed by atoms with Crippen molar-refractivity contribution in [2.24, 2.45) is 10.2 Å². The minimum atomic E-state index is -0.247. The van der Waals surface area contributed by atoms with Crippen LogP contribution in [0.25, 0.3) is 0 Å². The summed E-state index contributed by atoms with van der Waals surface area (Å²) in [6.07, 6.45) is 4.77. The Kier molecular flexibility index (Phi) is 5.06. The van der Waals surface area contributed by atoms with Crippen molar-refractivity contribution < 1.29 is 9.53 Å². The Hall–Kier alpha value is -3.61. The van der Waals surface area contributed by atoms with E-state index in [2.05, 4.69) is 25.5 Å². The molecule has 1 aromatic carbocycles. The van der Waals surface area contributed by atoms with Gasteiger partial charge in [0, 0.05) is 30.2 Å². The van der Waals surface area contributed by atoms with Gasteiger partial charge in [-0.15, -0.1) is 10.2 Å². The predicted molar refractivity (Wildman–Crippen MR) is 93.6 cm³/mol. The molecule has 3 aromatic rings. The Morgan fingerprint density at radius 2 is 1.88 bits per heavy atom. The number of aromatic nitrogens is 2. The molecule has 0 atom stereocenters. The molecule has 0 aliphatic heterocycles. The zero-order chi connectivity index (χ0) is 17.5. The molecule has 2 heterocycles. The molecule has 7 nitrogen and oxygen atoms in total. The number of amides is 1. The van der Waals surface area contributed by atoms with E-state index in [0.29, 0.717) is 28.5 Å². The van der Waals surface area contributed by atoms with Crippen molar-refractivity contribution in [1.82, 2.24) is 9.97 Å². The molecule has 3 rings (SSSR count). The van der Waals surface area contributed by atoms with Crippen LogP contribution in [0.3, 0.4) is 0 Å². The fourth-order valence-electron chi connectivity index (χ4n) is 2.07. The van der Waals surface area contributed by atoms with Gasteiger partial charge in [0.1, 0.15) is 5.75 Å². The lowest BCUT2D eigenvalue weighted by atomic mass is 10.2. The van der Waals surface area contributed by atoms with Crippen LogP contribution in [0.15, 0.2) is 77.3 Å². The lowest BCUT2D eigenvalue weighted by molar-refractivity contribution is 0.102. The van der Waals surface area contributed by atoms with Crippen LogP contribution in [0.1, 0.15) is 10.4 Å². The van der Waals surface area contributed by atoms with Crippen molar-refractivity contribution in [2.75, 3.05) is 12.4 Å². The van der Waals surface area contributed by atoms with Crippen molar-refractivity contribution >= 4 is 23.1 Å². The third kappa shape index (κ3) is 4.23. The normalized spacial score (nSPS) is 10.6. The summed E-state index contributed by atoms with van der Waals surface area (Å²) in [5.41, 5.74) is 1.64. The summed E-state index contributed by atoms with van der Waals surface area (Å²) < 4.78 is 5.33. The number of benzene rings is 1. The van der Waals surface area contributed by atoms with Crippen molar-refractivity contribution in [3.05, 3.63) is 72.7 Å². The van der Waals surface area contributed by atoms with Crippen molar-refractivity contribution in [3.63, 3.8) is 0 Å². The molecule has 0 saturated heterocycles. The molecule has 25 heavy (non-hydrogen) atoms. The SMILES string of the molecule is COc1cc(/N=N/c2ccccn2)ccc1NC(=O)c1ccncc1. The van der Waals surface area contributed by atoms with Crippen molar-refractivity contribution in [2.45, 2.75) is 0 Å². The second kappa shape index (κ2) is 7.78. The molecule has 0 saturated carbocycles. The van der Waals surface area contributed by atoms with Gasteiger partial charge in [0.05, 0.1) is 18.5 Å². The highest BCUT2D eigenvalue weighted by Crippen LogP contribution is 2.30. The number of nitrogens with one attached hydrogen (secondary N) is 1. The minimum absolute atomic E-state index is 0.247. The summed E-state index contributed by atoms with van der Waals surface area (Å²) in [7, 11) is 1.52. The number of ether oxygens (including phenoxy) is 1. The fourth-order valence-corrected chi connectivity index (χ4v) is 2.07. The number of hydrogen-bond donors (Lipinski definition) is 1. The predicted octanol–water partition coefficient (Wildman–Crippen LogP) is 4.15. The van der Waals surface area contributed by atoms with Crippen LogP contribution >= 0.6 is 0 Å². The molecule has 2 aromatic heterocycles. The highest BCUT2D eigenvalue weighted by atomic mass is 16.5. The van der Waals surface area contributed by atoms with Crippen molar-refractivity contribution in [3.8, 4) is 5.75 Å². The lowest BCUT2D eigenvalue weighted by Crippen LogP contribution is -2.12. The molecule has 0 aliphatic carbocycles. The number of rotatable bonds is 5. The number of nitrogens with zero attached hydrogens (tertiary/aromatic N) is 4. The minimum Gasteiger partial charge on any atom is -0.494 e. The van der Waals surface area contributed by atoms with Gasteiger partial charge in [-0.05, 0) is 36.4 Å². The lowest BCUT2D eigenvalue weighted by Gasteiger charge is -2.10. The van der Waals surface area contributed by atoms with Gasteiger partial charge in [0.25, 0.3) is 5.91 Å². The Morgan fingerprint density at radius 1 is 1.04 bits per heavy atom. The number of anilines is 1. The first-order valence-corrected chi connectivity index (χ1v) is 7.48. The van der Waals surface area contributed by atoms with Gasteiger partial charge < -0.3 is 10.1 Å². The third-order valence-corrected chi connectivity index (χ3v) is 3.29. The van der Waals surface area contributed by atoms with E-state index < -0.39 is 0 Å². The number of azo groups is 1. The molecule has 0 radical (unpaired) electrons. The van der Waals surface area contributed by atoms with Gasteiger partial charge in [-0.2, -0.15) is 0 Å². The molecule has 0 fully saturated rings. The van der Waals surface area contributed by atoms with Gasteiger partial charge in [-0.3, -0.25) is 9.78 Å². The molecule has 7 heteroatoms. The number of methoxy groups -OCH3 is 1. The van der Waals surface area contributed by atoms with Gasteiger partial charge in [0.2, 0.25) is 0 Å². The quantitative estimate of drug-likeness (QED) is 0.710. The maximum atomic E-state index is 12.2. The number of carbonyl (C=O) groups excluding carboxylic acids is 1. The van der Waals surface area contributed by atoms with Gasteiger partial charge in [0.15, 0.2) is 5.82 Å². The number of pyridine rings is 2. The highest BCUT2D eigenvalue weighted by molar-refractivity contribution is 6.05. The molecule has 0 unspecified atom stereocenters. The van der Waals surface area contributed by atoms with E-state index in [9.17, 15) is 4.79 Å². The van der Waals surface area contributed by atoms with Crippen LogP contribution in [0, 0.1) is 0 Å². The standard InChI is InChI=1S/C18H15N5O2/c1-25-16-12-14(22-23-17-4-2-3-9-20-17)5-6-15(16)21-18(24)13-7-10-19-11-8-13/h2-12H,1H3,(H,21,24)/b23-22+. The number of carbonyl (C=O) groups is 1. The van der Waals surface area contributed by atoms with Crippen LogP contribution in [0.5, 0.6) is 5.75 Å². The molecule has 1 N–H and O–H groups in total. The smallest absolute Gasteiger partial charge is 0.255 e. The zero-order valence-corrected chi connectivity index (χ0v) is 13.5. The zero-order valence-electron chi connectivity index (χ0n) is 13.5.